The first-order valence-corrected chi connectivity index (χ1v) is 11.1. The fourth-order valence-corrected chi connectivity index (χ4v) is 4.33. The number of benzene rings is 1. The molecule has 4 aromatic rings. The van der Waals surface area contributed by atoms with Crippen molar-refractivity contribution in [2.75, 3.05) is 5.32 Å². The standard InChI is InChI=1S/C25H21FN6O3/c1-25(2)34-20-18(10-9-15-6-3-4-8-17(15)26)33-24(21(20)35-25)32-14-30-19-22(28-13-29-23(19)32)31-16-7-5-11-27-12-16/h3-8,11-14,18,20-21,24H,1-2H3,(H,28,29,31)/t18-,20-,21-,24-/m1/s1. The first kappa shape index (κ1) is 21.6. The third kappa shape index (κ3) is 4.00. The summed E-state index contributed by atoms with van der Waals surface area (Å²) in [7, 11) is 0. The molecule has 0 aliphatic carbocycles. The van der Waals surface area contributed by atoms with Crippen molar-refractivity contribution in [3.8, 4) is 11.8 Å². The van der Waals surface area contributed by atoms with Gasteiger partial charge in [-0.1, -0.05) is 24.0 Å². The van der Waals surface area contributed by atoms with Crippen molar-refractivity contribution in [3.63, 3.8) is 0 Å². The fraction of sp³-hybridized carbons (Fsp3) is 0.280. The number of aromatic nitrogens is 5. The maximum Gasteiger partial charge on any atom is 0.167 e. The Balaban J connectivity index is 1.35. The van der Waals surface area contributed by atoms with Crippen molar-refractivity contribution in [2.45, 2.75) is 44.2 Å². The van der Waals surface area contributed by atoms with E-state index in [1.54, 1.807) is 41.5 Å². The van der Waals surface area contributed by atoms with Gasteiger partial charge in [0.25, 0.3) is 0 Å². The summed E-state index contributed by atoms with van der Waals surface area (Å²) in [6.45, 7) is 3.68. The number of ether oxygens (including phenoxy) is 3. The van der Waals surface area contributed by atoms with Crippen molar-refractivity contribution < 1.29 is 18.6 Å². The van der Waals surface area contributed by atoms with Crippen LogP contribution in [-0.2, 0) is 14.2 Å². The number of nitrogens with one attached hydrogen (secondary N) is 1. The second-order valence-electron chi connectivity index (χ2n) is 8.67. The smallest absolute Gasteiger partial charge is 0.167 e. The number of nitrogens with zero attached hydrogens (tertiary/aromatic N) is 5. The van der Waals surface area contributed by atoms with E-state index in [2.05, 4.69) is 37.1 Å². The zero-order valence-corrected chi connectivity index (χ0v) is 18.9. The highest BCUT2D eigenvalue weighted by atomic mass is 19.1. The Morgan fingerprint density at radius 2 is 1.91 bits per heavy atom. The Kier molecular flexibility index (Phi) is 5.18. The number of imidazole rings is 1. The normalized spacial score (nSPS) is 24.7. The second kappa shape index (κ2) is 8.39. The van der Waals surface area contributed by atoms with E-state index in [0.29, 0.717) is 22.5 Å². The molecule has 2 aliphatic rings. The van der Waals surface area contributed by atoms with Crippen molar-refractivity contribution in [3.05, 3.63) is 72.8 Å². The van der Waals surface area contributed by atoms with Crippen molar-refractivity contribution in [2.24, 2.45) is 0 Å². The van der Waals surface area contributed by atoms with Crippen LogP contribution < -0.4 is 5.32 Å². The second-order valence-corrected chi connectivity index (χ2v) is 8.67. The maximum absolute atomic E-state index is 14.1. The van der Waals surface area contributed by atoms with Gasteiger partial charge in [-0.25, -0.2) is 19.3 Å². The highest BCUT2D eigenvalue weighted by Gasteiger charge is 2.56. The number of hydrogen-bond donors (Lipinski definition) is 1. The van der Waals surface area contributed by atoms with Gasteiger partial charge in [0.1, 0.15) is 30.5 Å². The van der Waals surface area contributed by atoms with Crippen LogP contribution in [0.4, 0.5) is 15.9 Å². The van der Waals surface area contributed by atoms with Crippen LogP contribution >= 0.6 is 0 Å². The molecule has 35 heavy (non-hydrogen) atoms. The summed E-state index contributed by atoms with van der Waals surface area (Å²) in [5.41, 5.74) is 2.19. The highest BCUT2D eigenvalue weighted by molar-refractivity contribution is 5.85. The molecule has 1 aromatic carbocycles. The molecule has 0 saturated carbocycles. The summed E-state index contributed by atoms with van der Waals surface area (Å²) in [5, 5.41) is 3.22. The molecular weight excluding hydrogens is 451 g/mol. The van der Waals surface area contributed by atoms with Crippen LogP contribution in [-0.4, -0.2) is 48.6 Å². The number of rotatable bonds is 3. The summed E-state index contributed by atoms with van der Waals surface area (Å²) in [6.07, 6.45) is 4.30. The van der Waals surface area contributed by atoms with E-state index in [9.17, 15) is 4.39 Å². The summed E-state index contributed by atoms with van der Waals surface area (Å²) < 4.78 is 34.5. The molecule has 0 unspecified atom stereocenters. The number of pyridine rings is 1. The number of halogens is 1. The van der Waals surface area contributed by atoms with Gasteiger partial charge >= 0.3 is 0 Å². The number of fused-ring (bicyclic) bond motifs is 2. The quantitative estimate of drug-likeness (QED) is 0.452. The van der Waals surface area contributed by atoms with Gasteiger partial charge in [0.05, 0.1) is 23.8 Å². The molecule has 3 aromatic heterocycles. The molecule has 2 fully saturated rings. The summed E-state index contributed by atoms with van der Waals surface area (Å²) in [4.78, 5) is 17.4. The highest BCUT2D eigenvalue weighted by Crippen LogP contribution is 2.43. The Bertz CT molecular complexity index is 1450. The van der Waals surface area contributed by atoms with Crippen LogP contribution in [0.25, 0.3) is 11.2 Å². The van der Waals surface area contributed by atoms with E-state index < -0.39 is 30.3 Å². The van der Waals surface area contributed by atoms with Gasteiger partial charge in [0.15, 0.2) is 29.0 Å². The molecule has 6 rings (SSSR count). The first-order chi connectivity index (χ1) is 17.0. The molecule has 1 N–H and O–H groups in total. The van der Waals surface area contributed by atoms with Gasteiger partial charge in [0.2, 0.25) is 0 Å². The first-order valence-electron chi connectivity index (χ1n) is 11.1. The van der Waals surface area contributed by atoms with Gasteiger partial charge in [-0.15, -0.1) is 0 Å². The van der Waals surface area contributed by atoms with Gasteiger partial charge < -0.3 is 19.5 Å². The summed E-state index contributed by atoms with van der Waals surface area (Å²) in [5.74, 6) is 5.24. The lowest BCUT2D eigenvalue weighted by molar-refractivity contribution is -0.190. The van der Waals surface area contributed by atoms with Crippen LogP contribution in [0.2, 0.25) is 0 Å². The minimum atomic E-state index is -0.826. The van der Waals surface area contributed by atoms with E-state index in [-0.39, 0.29) is 5.82 Å². The van der Waals surface area contributed by atoms with Gasteiger partial charge in [-0.05, 0) is 38.1 Å². The predicted molar refractivity (Wildman–Crippen MR) is 124 cm³/mol. The average Bonchev–Trinajstić information content (AvgIpc) is 3.51. The molecule has 2 aliphatic heterocycles. The lowest BCUT2D eigenvalue weighted by Crippen LogP contribution is -2.28. The van der Waals surface area contributed by atoms with Crippen molar-refractivity contribution in [1.82, 2.24) is 24.5 Å². The summed E-state index contributed by atoms with van der Waals surface area (Å²) in [6, 6.07) is 10.1. The van der Waals surface area contributed by atoms with E-state index in [1.165, 1.54) is 12.4 Å². The fourth-order valence-electron chi connectivity index (χ4n) is 4.33. The molecule has 0 radical (unpaired) electrons. The maximum atomic E-state index is 14.1. The van der Waals surface area contributed by atoms with E-state index in [1.807, 2.05) is 26.0 Å². The minimum absolute atomic E-state index is 0.293. The Morgan fingerprint density at radius 1 is 1.06 bits per heavy atom. The van der Waals surface area contributed by atoms with Gasteiger partial charge in [-0.2, -0.15) is 0 Å². The van der Waals surface area contributed by atoms with Crippen molar-refractivity contribution >= 4 is 22.7 Å². The van der Waals surface area contributed by atoms with Gasteiger partial charge in [-0.3, -0.25) is 9.55 Å². The molecular formula is C25H21FN6O3. The molecule has 10 heteroatoms. The van der Waals surface area contributed by atoms with Crippen LogP contribution in [0.3, 0.4) is 0 Å². The topological polar surface area (TPSA) is 96.2 Å². The van der Waals surface area contributed by atoms with Gasteiger partial charge in [0, 0.05) is 6.20 Å². The monoisotopic (exact) mass is 472 g/mol. The third-order valence-electron chi connectivity index (χ3n) is 5.81. The number of anilines is 2. The third-order valence-corrected chi connectivity index (χ3v) is 5.81. The SMILES string of the molecule is CC1(C)O[C@@H]2[C@H](O1)[C@@H](C#Cc1ccccc1F)O[C@H]2n1cnc2c(Nc3cccnc3)ncnc21. The molecule has 9 nitrogen and oxygen atoms in total. The molecule has 0 bridgehead atoms. The van der Waals surface area contributed by atoms with E-state index >= 15 is 0 Å². The molecule has 0 spiro atoms. The van der Waals surface area contributed by atoms with E-state index in [0.717, 1.165) is 5.69 Å². The van der Waals surface area contributed by atoms with Crippen molar-refractivity contribution in [1.29, 1.82) is 0 Å². The largest absolute Gasteiger partial charge is 0.341 e. The molecule has 2 saturated heterocycles. The predicted octanol–water partition coefficient (Wildman–Crippen LogP) is 3.57. The molecule has 176 valence electrons. The average molecular weight is 472 g/mol. The Morgan fingerprint density at radius 3 is 2.74 bits per heavy atom. The zero-order chi connectivity index (χ0) is 24.0. The molecule has 0 amide bonds. The van der Waals surface area contributed by atoms with Crippen LogP contribution in [0, 0.1) is 17.7 Å². The molecule has 5 heterocycles. The molecule has 4 atom stereocenters. The lowest BCUT2D eigenvalue weighted by Gasteiger charge is -2.23. The van der Waals surface area contributed by atoms with Crippen LogP contribution in [0.5, 0.6) is 0 Å². The van der Waals surface area contributed by atoms with E-state index in [4.69, 9.17) is 14.2 Å². The Hall–Kier alpha value is -3.91. The Labute approximate surface area is 200 Å². The minimum Gasteiger partial charge on any atom is -0.341 e. The van der Waals surface area contributed by atoms with Crippen LogP contribution in [0.15, 0.2) is 61.4 Å². The lowest BCUT2D eigenvalue weighted by atomic mass is 10.1. The summed E-state index contributed by atoms with van der Waals surface area (Å²) >= 11 is 0. The number of hydrogen-bond acceptors (Lipinski definition) is 8. The zero-order valence-electron chi connectivity index (χ0n) is 18.9. The van der Waals surface area contributed by atoms with Crippen LogP contribution in [0.1, 0.15) is 25.6 Å².